The highest BCUT2D eigenvalue weighted by Crippen LogP contribution is 2.23. The van der Waals surface area contributed by atoms with Crippen molar-refractivity contribution in [3.05, 3.63) is 40.9 Å². The zero-order valence-electron chi connectivity index (χ0n) is 9.64. The Balaban J connectivity index is 1.75. The summed E-state index contributed by atoms with van der Waals surface area (Å²) in [7, 11) is 0. The van der Waals surface area contributed by atoms with Gasteiger partial charge in [-0.2, -0.15) is 0 Å². The molecule has 1 heterocycles. The molecule has 0 saturated carbocycles. The SMILES string of the molecule is O=C1C=CC(=O)N1CCCOc1ccccc1Br. The van der Waals surface area contributed by atoms with Gasteiger partial charge in [-0.05, 0) is 34.5 Å². The van der Waals surface area contributed by atoms with Crippen molar-refractivity contribution >= 4 is 27.7 Å². The molecular formula is C13H12BrNO3. The number of para-hydroxylation sites is 1. The van der Waals surface area contributed by atoms with E-state index in [-0.39, 0.29) is 11.8 Å². The Kier molecular flexibility index (Phi) is 4.15. The van der Waals surface area contributed by atoms with Gasteiger partial charge in [0.05, 0.1) is 11.1 Å². The van der Waals surface area contributed by atoms with Crippen LogP contribution in [0.2, 0.25) is 0 Å². The summed E-state index contributed by atoms with van der Waals surface area (Å²) >= 11 is 3.38. The van der Waals surface area contributed by atoms with E-state index in [9.17, 15) is 9.59 Å². The lowest BCUT2D eigenvalue weighted by molar-refractivity contribution is -0.136. The number of benzene rings is 1. The summed E-state index contributed by atoms with van der Waals surface area (Å²) in [5.74, 6) is 0.261. The van der Waals surface area contributed by atoms with Crippen molar-refractivity contribution in [2.45, 2.75) is 6.42 Å². The minimum atomic E-state index is -0.249. The molecule has 0 aliphatic carbocycles. The van der Waals surface area contributed by atoms with E-state index in [0.717, 1.165) is 10.2 Å². The first-order chi connectivity index (χ1) is 8.68. The molecule has 0 spiro atoms. The smallest absolute Gasteiger partial charge is 0.253 e. The zero-order chi connectivity index (χ0) is 13.0. The van der Waals surface area contributed by atoms with Gasteiger partial charge >= 0.3 is 0 Å². The maximum atomic E-state index is 11.3. The quantitative estimate of drug-likeness (QED) is 0.618. The van der Waals surface area contributed by atoms with Crippen molar-refractivity contribution in [1.29, 1.82) is 0 Å². The number of carbonyl (C=O) groups excluding carboxylic acids is 2. The average molecular weight is 310 g/mol. The van der Waals surface area contributed by atoms with Crippen LogP contribution in [0.5, 0.6) is 5.75 Å². The van der Waals surface area contributed by atoms with Gasteiger partial charge in [0.15, 0.2) is 0 Å². The van der Waals surface area contributed by atoms with Gasteiger partial charge < -0.3 is 4.74 Å². The summed E-state index contributed by atoms with van der Waals surface area (Å²) < 4.78 is 6.44. The van der Waals surface area contributed by atoms with Crippen LogP contribution in [0.4, 0.5) is 0 Å². The predicted molar refractivity (Wildman–Crippen MR) is 70.1 cm³/mol. The van der Waals surface area contributed by atoms with Crippen molar-refractivity contribution in [2.24, 2.45) is 0 Å². The number of imide groups is 1. The summed E-state index contributed by atoms with van der Waals surface area (Å²) in [6, 6.07) is 7.55. The summed E-state index contributed by atoms with van der Waals surface area (Å²) in [5, 5.41) is 0. The third-order valence-electron chi connectivity index (χ3n) is 2.52. The molecule has 0 unspecified atom stereocenters. The Hall–Kier alpha value is -1.62. The Morgan fingerprint density at radius 3 is 2.44 bits per heavy atom. The highest BCUT2D eigenvalue weighted by atomic mass is 79.9. The molecule has 2 rings (SSSR count). The first-order valence-corrected chi connectivity index (χ1v) is 6.38. The third-order valence-corrected chi connectivity index (χ3v) is 3.18. The molecule has 4 nitrogen and oxygen atoms in total. The third kappa shape index (κ3) is 2.98. The van der Waals surface area contributed by atoms with Crippen molar-refractivity contribution in [2.75, 3.05) is 13.2 Å². The van der Waals surface area contributed by atoms with Crippen molar-refractivity contribution < 1.29 is 14.3 Å². The number of halogens is 1. The second-order valence-corrected chi connectivity index (χ2v) is 4.65. The predicted octanol–water partition coefficient (Wildman–Crippen LogP) is 2.14. The number of carbonyl (C=O) groups is 2. The number of ether oxygens (including phenoxy) is 1. The van der Waals surface area contributed by atoms with E-state index in [0.29, 0.717) is 19.6 Å². The zero-order valence-corrected chi connectivity index (χ0v) is 11.2. The monoisotopic (exact) mass is 309 g/mol. The van der Waals surface area contributed by atoms with Gasteiger partial charge in [-0.25, -0.2) is 0 Å². The molecule has 0 aromatic heterocycles. The molecular weight excluding hydrogens is 298 g/mol. The van der Waals surface area contributed by atoms with Crippen LogP contribution in [0.15, 0.2) is 40.9 Å². The topological polar surface area (TPSA) is 46.6 Å². The van der Waals surface area contributed by atoms with E-state index in [1.54, 1.807) is 0 Å². The van der Waals surface area contributed by atoms with Crippen LogP contribution in [-0.4, -0.2) is 29.9 Å². The molecule has 0 bridgehead atoms. The van der Waals surface area contributed by atoms with Crippen LogP contribution >= 0.6 is 15.9 Å². The van der Waals surface area contributed by atoms with E-state index in [4.69, 9.17) is 4.74 Å². The second kappa shape index (κ2) is 5.82. The maximum absolute atomic E-state index is 11.3. The van der Waals surface area contributed by atoms with Crippen molar-refractivity contribution in [3.8, 4) is 5.75 Å². The van der Waals surface area contributed by atoms with Crippen LogP contribution < -0.4 is 4.74 Å². The van der Waals surface area contributed by atoms with Crippen molar-refractivity contribution in [3.63, 3.8) is 0 Å². The summed E-state index contributed by atoms with van der Waals surface area (Å²) in [4.78, 5) is 23.8. The van der Waals surface area contributed by atoms with Gasteiger partial charge in [0.25, 0.3) is 11.8 Å². The van der Waals surface area contributed by atoms with Gasteiger partial charge in [0, 0.05) is 18.7 Å². The molecule has 18 heavy (non-hydrogen) atoms. The average Bonchev–Trinajstić information content (AvgIpc) is 2.67. The first-order valence-electron chi connectivity index (χ1n) is 5.59. The van der Waals surface area contributed by atoms with Gasteiger partial charge in [0.2, 0.25) is 0 Å². The highest BCUT2D eigenvalue weighted by Gasteiger charge is 2.22. The van der Waals surface area contributed by atoms with E-state index in [1.165, 1.54) is 17.1 Å². The molecule has 0 atom stereocenters. The minimum Gasteiger partial charge on any atom is -0.492 e. The number of hydrogen-bond acceptors (Lipinski definition) is 3. The fourth-order valence-corrected chi connectivity index (χ4v) is 2.02. The van der Waals surface area contributed by atoms with Crippen LogP contribution in [-0.2, 0) is 9.59 Å². The molecule has 1 aliphatic heterocycles. The number of hydrogen-bond donors (Lipinski definition) is 0. The van der Waals surface area contributed by atoms with E-state index in [2.05, 4.69) is 15.9 Å². The molecule has 94 valence electrons. The minimum absolute atomic E-state index is 0.249. The lowest BCUT2D eigenvalue weighted by Crippen LogP contribution is -2.31. The maximum Gasteiger partial charge on any atom is 0.253 e. The summed E-state index contributed by atoms with van der Waals surface area (Å²) in [6.07, 6.45) is 3.19. The van der Waals surface area contributed by atoms with Gasteiger partial charge in [-0.15, -0.1) is 0 Å². The lowest BCUT2D eigenvalue weighted by Gasteiger charge is -2.14. The van der Waals surface area contributed by atoms with E-state index >= 15 is 0 Å². The molecule has 1 aliphatic rings. The molecule has 0 saturated heterocycles. The number of rotatable bonds is 5. The van der Waals surface area contributed by atoms with Crippen LogP contribution in [0.25, 0.3) is 0 Å². The number of nitrogens with zero attached hydrogens (tertiary/aromatic N) is 1. The number of amides is 2. The lowest BCUT2D eigenvalue weighted by atomic mass is 10.3. The van der Waals surface area contributed by atoms with E-state index in [1.807, 2.05) is 24.3 Å². The van der Waals surface area contributed by atoms with Crippen molar-refractivity contribution in [1.82, 2.24) is 4.90 Å². The largest absolute Gasteiger partial charge is 0.492 e. The van der Waals surface area contributed by atoms with Crippen LogP contribution in [0.1, 0.15) is 6.42 Å². The summed E-state index contributed by atoms with van der Waals surface area (Å²) in [5.41, 5.74) is 0. The van der Waals surface area contributed by atoms with Gasteiger partial charge in [-0.3, -0.25) is 14.5 Å². The summed E-state index contributed by atoms with van der Waals surface area (Å²) in [6.45, 7) is 0.842. The molecule has 5 heteroatoms. The van der Waals surface area contributed by atoms with Gasteiger partial charge in [-0.1, -0.05) is 12.1 Å². The Bertz CT molecular complexity index is 481. The Labute approximate surface area is 113 Å². The molecule has 1 aromatic carbocycles. The molecule has 0 N–H and O–H groups in total. The molecule has 0 fully saturated rings. The highest BCUT2D eigenvalue weighted by molar-refractivity contribution is 9.10. The van der Waals surface area contributed by atoms with Crippen LogP contribution in [0.3, 0.4) is 0 Å². The standard InChI is InChI=1S/C13H12BrNO3/c14-10-4-1-2-5-11(10)18-9-3-8-15-12(16)6-7-13(15)17/h1-2,4-7H,3,8-9H2. The Morgan fingerprint density at radius 1 is 1.11 bits per heavy atom. The second-order valence-electron chi connectivity index (χ2n) is 3.79. The van der Waals surface area contributed by atoms with Gasteiger partial charge in [0.1, 0.15) is 5.75 Å². The van der Waals surface area contributed by atoms with E-state index < -0.39 is 0 Å². The van der Waals surface area contributed by atoms with Crippen LogP contribution in [0, 0.1) is 0 Å². The molecule has 2 amide bonds. The molecule has 1 aromatic rings. The Morgan fingerprint density at radius 2 is 1.78 bits per heavy atom. The molecule has 0 radical (unpaired) electrons. The normalized spacial score (nSPS) is 14.4. The fraction of sp³-hybridized carbons (Fsp3) is 0.231. The first kappa shape index (κ1) is 12.8. The fourth-order valence-electron chi connectivity index (χ4n) is 1.62.